The standard InChI is InChI=1S/C19H30O/c1-2-3-16-20-19-14-12-18(13-15-19)11-7-10-17-8-5-4-6-9-17/h12-15,17H,2-11,16H2,1H3. The average Bonchev–Trinajstić information content (AvgIpc) is 2.50. The van der Waals surface area contributed by atoms with E-state index in [0.717, 1.165) is 24.7 Å². The number of ether oxygens (including phenoxy) is 1. The fourth-order valence-corrected chi connectivity index (χ4v) is 3.16. The van der Waals surface area contributed by atoms with Crippen molar-refractivity contribution in [3.63, 3.8) is 0 Å². The summed E-state index contributed by atoms with van der Waals surface area (Å²) in [6, 6.07) is 8.74. The topological polar surface area (TPSA) is 9.23 Å². The second-order valence-corrected chi connectivity index (χ2v) is 6.24. The van der Waals surface area contributed by atoms with E-state index in [4.69, 9.17) is 4.74 Å². The van der Waals surface area contributed by atoms with Crippen LogP contribution in [0.15, 0.2) is 24.3 Å². The summed E-state index contributed by atoms with van der Waals surface area (Å²) in [5.41, 5.74) is 1.46. The highest BCUT2D eigenvalue weighted by Crippen LogP contribution is 2.27. The summed E-state index contributed by atoms with van der Waals surface area (Å²) in [4.78, 5) is 0. The van der Waals surface area contributed by atoms with Crippen LogP contribution in [0.5, 0.6) is 5.75 Å². The minimum absolute atomic E-state index is 0.845. The van der Waals surface area contributed by atoms with Gasteiger partial charge in [0.1, 0.15) is 5.75 Å². The second kappa shape index (κ2) is 9.05. The van der Waals surface area contributed by atoms with Crippen molar-refractivity contribution >= 4 is 0 Å². The molecule has 0 amide bonds. The molecular formula is C19H30O. The van der Waals surface area contributed by atoms with Gasteiger partial charge in [-0.05, 0) is 42.9 Å². The number of benzene rings is 1. The van der Waals surface area contributed by atoms with Crippen LogP contribution < -0.4 is 4.74 Å². The molecule has 1 aliphatic carbocycles. The second-order valence-electron chi connectivity index (χ2n) is 6.24. The van der Waals surface area contributed by atoms with Gasteiger partial charge in [0.15, 0.2) is 0 Å². The zero-order valence-corrected chi connectivity index (χ0v) is 13.1. The predicted molar refractivity (Wildman–Crippen MR) is 86.4 cm³/mol. The van der Waals surface area contributed by atoms with Crippen molar-refractivity contribution in [2.45, 2.75) is 71.1 Å². The Morgan fingerprint density at radius 3 is 2.45 bits per heavy atom. The molecule has 112 valence electrons. The van der Waals surface area contributed by atoms with Crippen LogP contribution in [0.25, 0.3) is 0 Å². The van der Waals surface area contributed by atoms with E-state index in [2.05, 4.69) is 31.2 Å². The maximum atomic E-state index is 5.70. The van der Waals surface area contributed by atoms with E-state index < -0.39 is 0 Å². The normalized spacial score (nSPS) is 16.2. The maximum Gasteiger partial charge on any atom is 0.119 e. The summed E-state index contributed by atoms with van der Waals surface area (Å²) in [7, 11) is 0. The zero-order chi connectivity index (χ0) is 14.0. The molecule has 0 aromatic heterocycles. The Bertz CT molecular complexity index is 349. The van der Waals surface area contributed by atoms with Crippen molar-refractivity contribution < 1.29 is 4.74 Å². The highest BCUT2D eigenvalue weighted by molar-refractivity contribution is 5.27. The van der Waals surface area contributed by atoms with Crippen LogP contribution in [-0.2, 0) is 6.42 Å². The van der Waals surface area contributed by atoms with Crippen molar-refractivity contribution in [1.29, 1.82) is 0 Å². The third-order valence-electron chi connectivity index (χ3n) is 4.49. The van der Waals surface area contributed by atoms with E-state index in [1.807, 2.05) is 0 Å². The Morgan fingerprint density at radius 1 is 1.00 bits per heavy atom. The van der Waals surface area contributed by atoms with Crippen molar-refractivity contribution in [2.24, 2.45) is 5.92 Å². The van der Waals surface area contributed by atoms with Gasteiger partial charge in [0.05, 0.1) is 6.61 Å². The number of hydrogen-bond donors (Lipinski definition) is 0. The largest absolute Gasteiger partial charge is 0.494 e. The molecule has 0 spiro atoms. The lowest BCUT2D eigenvalue weighted by Crippen LogP contribution is -2.06. The monoisotopic (exact) mass is 274 g/mol. The molecule has 1 fully saturated rings. The summed E-state index contributed by atoms with van der Waals surface area (Å²) in [5, 5.41) is 0. The average molecular weight is 274 g/mol. The van der Waals surface area contributed by atoms with Gasteiger partial charge < -0.3 is 4.74 Å². The molecular weight excluding hydrogens is 244 g/mol. The maximum absolute atomic E-state index is 5.70. The molecule has 20 heavy (non-hydrogen) atoms. The Labute approximate surface area is 124 Å². The molecule has 1 nitrogen and oxygen atoms in total. The molecule has 2 rings (SSSR count). The number of aryl methyl sites for hydroxylation is 1. The molecule has 0 N–H and O–H groups in total. The van der Waals surface area contributed by atoms with Gasteiger partial charge >= 0.3 is 0 Å². The van der Waals surface area contributed by atoms with Crippen LogP contribution >= 0.6 is 0 Å². The summed E-state index contributed by atoms with van der Waals surface area (Å²) >= 11 is 0. The molecule has 1 saturated carbocycles. The van der Waals surface area contributed by atoms with Gasteiger partial charge in [0.25, 0.3) is 0 Å². The Balaban J connectivity index is 1.65. The molecule has 0 bridgehead atoms. The van der Waals surface area contributed by atoms with Gasteiger partial charge in [-0.2, -0.15) is 0 Å². The molecule has 1 aromatic rings. The van der Waals surface area contributed by atoms with E-state index in [-0.39, 0.29) is 0 Å². The molecule has 0 radical (unpaired) electrons. The summed E-state index contributed by atoms with van der Waals surface area (Å²) in [6.45, 7) is 3.04. The summed E-state index contributed by atoms with van der Waals surface area (Å²) < 4.78 is 5.70. The van der Waals surface area contributed by atoms with Crippen molar-refractivity contribution in [3.05, 3.63) is 29.8 Å². The first-order valence-corrected chi connectivity index (χ1v) is 8.60. The van der Waals surface area contributed by atoms with Crippen molar-refractivity contribution in [1.82, 2.24) is 0 Å². The van der Waals surface area contributed by atoms with Gasteiger partial charge in [-0.15, -0.1) is 0 Å². The van der Waals surface area contributed by atoms with E-state index in [1.165, 1.54) is 63.4 Å². The molecule has 0 unspecified atom stereocenters. The molecule has 1 aliphatic rings. The minimum atomic E-state index is 0.845. The molecule has 0 atom stereocenters. The van der Waals surface area contributed by atoms with Crippen LogP contribution in [0.4, 0.5) is 0 Å². The quantitative estimate of drug-likeness (QED) is 0.547. The van der Waals surface area contributed by atoms with Crippen LogP contribution in [0.3, 0.4) is 0 Å². The Kier molecular flexibility index (Phi) is 6.97. The third kappa shape index (κ3) is 5.56. The molecule has 0 aliphatic heterocycles. The van der Waals surface area contributed by atoms with Gasteiger partial charge in [0, 0.05) is 0 Å². The predicted octanol–water partition coefficient (Wildman–Crippen LogP) is 5.77. The van der Waals surface area contributed by atoms with Crippen LogP contribution in [0, 0.1) is 5.92 Å². The van der Waals surface area contributed by atoms with E-state index in [0.29, 0.717) is 0 Å². The van der Waals surface area contributed by atoms with Gasteiger partial charge in [-0.3, -0.25) is 0 Å². The summed E-state index contributed by atoms with van der Waals surface area (Å²) in [5.74, 6) is 2.04. The van der Waals surface area contributed by atoms with Crippen LogP contribution in [-0.4, -0.2) is 6.61 Å². The summed E-state index contributed by atoms with van der Waals surface area (Å²) in [6.07, 6.45) is 13.7. The smallest absolute Gasteiger partial charge is 0.119 e. The lowest BCUT2D eigenvalue weighted by molar-refractivity contribution is 0.309. The Morgan fingerprint density at radius 2 is 1.75 bits per heavy atom. The molecule has 0 saturated heterocycles. The molecule has 1 heteroatoms. The first-order valence-electron chi connectivity index (χ1n) is 8.60. The zero-order valence-electron chi connectivity index (χ0n) is 13.1. The highest BCUT2D eigenvalue weighted by atomic mass is 16.5. The van der Waals surface area contributed by atoms with E-state index in [1.54, 1.807) is 0 Å². The SMILES string of the molecule is CCCCOc1ccc(CCCC2CCCCC2)cc1. The van der Waals surface area contributed by atoms with Gasteiger partial charge in [0.2, 0.25) is 0 Å². The number of hydrogen-bond acceptors (Lipinski definition) is 1. The first-order chi connectivity index (χ1) is 9.88. The van der Waals surface area contributed by atoms with Gasteiger partial charge in [-0.1, -0.05) is 64.0 Å². The molecule has 0 heterocycles. The van der Waals surface area contributed by atoms with Gasteiger partial charge in [-0.25, -0.2) is 0 Å². The fraction of sp³-hybridized carbons (Fsp3) is 0.684. The highest BCUT2D eigenvalue weighted by Gasteiger charge is 2.12. The van der Waals surface area contributed by atoms with E-state index >= 15 is 0 Å². The number of unbranched alkanes of at least 4 members (excludes halogenated alkanes) is 1. The first kappa shape index (κ1) is 15.4. The Hall–Kier alpha value is -0.980. The fourth-order valence-electron chi connectivity index (χ4n) is 3.16. The number of rotatable bonds is 8. The van der Waals surface area contributed by atoms with Crippen molar-refractivity contribution in [3.8, 4) is 5.75 Å². The van der Waals surface area contributed by atoms with E-state index in [9.17, 15) is 0 Å². The minimum Gasteiger partial charge on any atom is -0.494 e. The van der Waals surface area contributed by atoms with Crippen molar-refractivity contribution in [2.75, 3.05) is 6.61 Å². The van der Waals surface area contributed by atoms with Crippen LogP contribution in [0.1, 0.15) is 70.3 Å². The molecule has 1 aromatic carbocycles. The third-order valence-corrected chi connectivity index (χ3v) is 4.49. The van der Waals surface area contributed by atoms with Crippen LogP contribution in [0.2, 0.25) is 0 Å². The lowest BCUT2D eigenvalue weighted by atomic mass is 9.85. The lowest BCUT2D eigenvalue weighted by Gasteiger charge is -2.21.